The number of anilines is 2. The average molecular weight is 398 g/mol. The van der Waals surface area contributed by atoms with Gasteiger partial charge in [-0.15, -0.1) is 0 Å². The predicted molar refractivity (Wildman–Crippen MR) is 82.4 cm³/mol. The Morgan fingerprint density at radius 3 is 2.62 bits per heavy atom. The summed E-state index contributed by atoms with van der Waals surface area (Å²) in [6.07, 6.45) is 0. The minimum Gasteiger partial charge on any atom is -0.395 e. The van der Waals surface area contributed by atoms with Gasteiger partial charge in [0.25, 0.3) is 10.0 Å². The van der Waals surface area contributed by atoms with Crippen LogP contribution < -0.4 is 10.5 Å². The number of nitrogens with two attached hydrogens (primary N) is 1. The van der Waals surface area contributed by atoms with Crippen molar-refractivity contribution in [1.82, 2.24) is 10.2 Å². The molecule has 0 radical (unpaired) electrons. The van der Waals surface area contributed by atoms with Crippen molar-refractivity contribution >= 4 is 48.9 Å². The second kappa shape index (κ2) is 5.47. The van der Waals surface area contributed by atoms with Crippen LogP contribution in [0, 0.1) is 19.7 Å². The summed E-state index contributed by atoms with van der Waals surface area (Å²) >= 11 is 8.82. The van der Waals surface area contributed by atoms with Crippen molar-refractivity contribution in [3.8, 4) is 0 Å². The molecule has 0 aliphatic rings. The van der Waals surface area contributed by atoms with E-state index in [1.165, 1.54) is 0 Å². The zero-order valence-electron chi connectivity index (χ0n) is 11.0. The van der Waals surface area contributed by atoms with Crippen molar-refractivity contribution in [2.75, 3.05) is 10.5 Å². The normalized spacial score (nSPS) is 11.7. The van der Waals surface area contributed by atoms with Crippen molar-refractivity contribution in [3.63, 3.8) is 0 Å². The number of aryl methyl sites for hydroxylation is 2. The fourth-order valence-corrected chi connectivity index (χ4v) is 3.55. The molecular weight excluding hydrogens is 387 g/mol. The van der Waals surface area contributed by atoms with Gasteiger partial charge in [-0.3, -0.25) is 9.82 Å². The highest BCUT2D eigenvalue weighted by Gasteiger charge is 2.25. The van der Waals surface area contributed by atoms with E-state index in [0.717, 1.165) is 6.07 Å². The average Bonchev–Trinajstić information content (AvgIpc) is 2.71. The molecule has 0 spiro atoms. The number of aromatic nitrogens is 2. The fraction of sp³-hybridized carbons (Fsp3) is 0.182. The number of rotatable bonds is 3. The number of hydrogen-bond donors (Lipinski definition) is 3. The first-order chi connectivity index (χ1) is 9.65. The third-order valence-electron chi connectivity index (χ3n) is 2.81. The highest BCUT2D eigenvalue weighted by atomic mass is 79.9. The van der Waals surface area contributed by atoms with Crippen molar-refractivity contribution in [2.45, 2.75) is 18.7 Å². The van der Waals surface area contributed by atoms with Crippen molar-refractivity contribution in [2.24, 2.45) is 0 Å². The van der Waals surface area contributed by atoms with Gasteiger partial charge in [0.2, 0.25) is 0 Å². The first kappa shape index (κ1) is 16.1. The lowest BCUT2D eigenvalue weighted by molar-refractivity contribution is 0.572. The fourth-order valence-electron chi connectivity index (χ4n) is 1.69. The van der Waals surface area contributed by atoms with Crippen LogP contribution in [0.2, 0.25) is 5.02 Å². The molecule has 1 heterocycles. The molecule has 2 rings (SSSR count). The molecule has 0 bridgehead atoms. The van der Waals surface area contributed by atoms with Gasteiger partial charge >= 0.3 is 0 Å². The first-order valence-corrected chi connectivity index (χ1v) is 8.28. The van der Waals surface area contributed by atoms with Crippen LogP contribution in [0.4, 0.5) is 15.8 Å². The lowest BCUT2D eigenvalue weighted by Gasteiger charge is -2.12. The number of aromatic amines is 1. The molecule has 0 saturated carbocycles. The molecule has 10 heteroatoms. The molecular formula is C11H11BrClFN4O2S. The van der Waals surface area contributed by atoms with E-state index in [-0.39, 0.29) is 20.9 Å². The van der Waals surface area contributed by atoms with Crippen LogP contribution in [0.5, 0.6) is 0 Å². The van der Waals surface area contributed by atoms with Gasteiger partial charge in [0.1, 0.15) is 4.90 Å². The molecule has 0 aliphatic carbocycles. The monoisotopic (exact) mass is 396 g/mol. The number of nitrogens with zero attached hydrogens (tertiary/aromatic N) is 1. The van der Waals surface area contributed by atoms with Crippen LogP contribution in [0.1, 0.15) is 11.4 Å². The van der Waals surface area contributed by atoms with Crippen LogP contribution in [0.15, 0.2) is 15.4 Å². The van der Waals surface area contributed by atoms with Crippen LogP contribution in [0.25, 0.3) is 0 Å². The van der Waals surface area contributed by atoms with E-state index >= 15 is 0 Å². The summed E-state index contributed by atoms with van der Waals surface area (Å²) < 4.78 is 41.1. The highest BCUT2D eigenvalue weighted by Crippen LogP contribution is 2.35. The number of halogens is 3. The number of benzene rings is 1. The Hall–Kier alpha value is -1.32. The molecule has 21 heavy (non-hydrogen) atoms. The quantitative estimate of drug-likeness (QED) is 0.547. The molecule has 0 saturated heterocycles. The maximum absolute atomic E-state index is 14.1. The van der Waals surface area contributed by atoms with Crippen molar-refractivity contribution in [3.05, 3.63) is 32.8 Å². The molecule has 0 atom stereocenters. The molecule has 1 aromatic heterocycles. The predicted octanol–water partition coefficient (Wildman–Crippen LogP) is 2.96. The molecule has 4 N–H and O–H groups in total. The molecule has 2 aromatic rings. The second-order valence-electron chi connectivity index (χ2n) is 4.31. The Labute approximate surface area is 134 Å². The lowest BCUT2D eigenvalue weighted by Crippen LogP contribution is -2.16. The number of nitrogen functional groups attached to an aromatic ring is 1. The van der Waals surface area contributed by atoms with E-state index in [0.29, 0.717) is 11.4 Å². The summed E-state index contributed by atoms with van der Waals surface area (Å²) in [5, 5.41) is 6.49. The van der Waals surface area contributed by atoms with E-state index in [1.54, 1.807) is 13.8 Å². The van der Waals surface area contributed by atoms with Gasteiger partial charge in [-0.05, 0) is 35.8 Å². The summed E-state index contributed by atoms with van der Waals surface area (Å²) in [6.45, 7) is 3.25. The van der Waals surface area contributed by atoms with E-state index < -0.39 is 20.7 Å². The summed E-state index contributed by atoms with van der Waals surface area (Å²) in [7, 11) is -4.19. The number of hydrogen-bond acceptors (Lipinski definition) is 4. The Balaban J connectivity index is 2.56. The molecule has 0 fully saturated rings. The SMILES string of the molecule is Cc1n[nH]c(C)c1NS(=O)(=O)c1cc(Cl)c(Br)c(N)c1F. The van der Waals surface area contributed by atoms with E-state index in [1.807, 2.05) is 0 Å². The maximum Gasteiger partial charge on any atom is 0.265 e. The van der Waals surface area contributed by atoms with E-state index in [2.05, 4.69) is 30.8 Å². The van der Waals surface area contributed by atoms with Gasteiger partial charge in [-0.1, -0.05) is 11.6 Å². The van der Waals surface area contributed by atoms with Crippen LogP contribution in [0.3, 0.4) is 0 Å². The van der Waals surface area contributed by atoms with Gasteiger partial charge in [0.15, 0.2) is 5.82 Å². The zero-order chi connectivity index (χ0) is 15.9. The number of sulfonamides is 1. The Morgan fingerprint density at radius 2 is 2.10 bits per heavy atom. The zero-order valence-corrected chi connectivity index (χ0v) is 14.1. The van der Waals surface area contributed by atoms with Crippen molar-refractivity contribution in [1.29, 1.82) is 0 Å². The highest BCUT2D eigenvalue weighted by molar-refractivity contribution is 9.10. The summed E-state index contributed by atoms with van der Waals surface area (Å²) in [4.78, 5) is -0.631. The van der Waals surface area contributed by atoms with Gasteiger partial charge in [-0.2, -0.15) is 5.10 Å². The van der Waals surface area contributed by atoms with Gasteiger partial charge < -0.3 is 5.73 Å². The van der Waals surface area contributed by atoms with Gasteiger partial charge in [-0.25, -0.2) is 12.8 Å². The van der Waals surface area contributed by atoms with Crippen molar-refractivity contribution < 1.29 is 12.8 Å². The van der Waals surface area contributed by atoms with Crippen LogP contribution >= 0.6 is 27.5 Å². The van der Waals surface area contributed by atoms with Crippen LogP contribution in [-0.2, 0) is 10.0 Å². The van der Waals surface area contributed by atoms with E-state index in [9.17, 15) is 12.8 Å². The summed E-state index contributed by atoms with van der Waals surface area (Å²) in [6, 6.07) is 0.990. The largest absolute Gasteiger partial charge is 0.395 e. The van der Waals surface area contributed by atoms with E-state index in [4.69, 9.17) is 17.3 Å². The standard InChI is InChI=1S/C11H11BrClFN4O2S/c1-4-11(5(2)17-16-4)18-21(19,20)7-3-6(13)8(12)10(15)9(7)14/h3,18H,15H2,1-2H3,(H,16,17). The molecule has 0 unspecified atom stereocenters. The molecule has 0 aliphatic heterocycles. The maximum atomic E-state index is 14.1. The molecule has 6 nitrogen and oxygen atoms in total. The second-order valence-corrected chi connectivity index (χ2v) is 7.16. The third kappa shape index (κ3) is 2.85. The topological polar surface area (TPSA) is 101 Å². The smallest absolute Gasteiger partial charge is 0.265 e. The lowest BCUT2D eigenvalue weighted by atomic mass is 10.3. The summed E-state index contributed by atoms with van der Waals surface area (Å²) in [5.41, 5.74) is 6.33. The van der Waals surface area contributed by atoms with Crippen LogP contribution in [-0.4, -0.2) is 18.6 Å². The minimum atomic E-state index is -4.19. The van der Waals surface area contributed by atoms with Gasteiger partial charge in [0.05, 0.1) is 32.3 Å². The molecule has 0 amide bonds. The Morgan fingerprint density at radius 1 is 1.48 bits per heavy atom. The molecule has 114 valence electrons. The Kier molecular flexibility index (Phi) is 4.18. The third-order valence-corrected chi connectivity index (χ3v) is 5.54. The minimum absolute atomic E-state index is 0.00471. The summed E-state index contributed by atoms with van der Waals surface area (Å²) in [5.74, 6) is -1.07. The van der Waals surface area contributed by atoms with Gasteiger partial charge in [0, 0.05) is 0 Å². The Bertz CT molecular complexity index is 803. The number of nitrogens with one attached hydrogen (secondary N) is 2. The first-order valence-electron chi connectivity index (χ1n) is 5.62. The molecule has 1 aromatic carbocycles. The number of H-pyrrole nitrogens is 1.